The van der Waals surface area contributed by atoms with Crippen LogP contribution in [0.3, 0.4) is 0 Å². The van der Waals surface area contributed by atoms with Crippen LogP contribution in [0.5, 0.6) is 0 Å². The highest BCUT2D eigenvalue weighted by Gasteiger charge is 2.11. The van der Waals surface area contributed by atoms with Crippen LogP contribution < -0.4 is 5.32 Å². The van der Waals surface area contributed by atoms with Gasteiger partial charge in [0.05, 0.1) is 17.2 Å². The van der Waals surface area contributed by atoms with Gasteiger partial charge in [-0.05, 0) is 6.07 Å². The first-order chi connectivity index (χ1) is 8.29. The van der Waals surface area contributed by atoms with Crippen LogP contribution in [-0.2, 0) is 0 Å². The van der Waals surface area contributed by atoms with Crippen LogP contribution in [-0.4, -0.2) is 27.9 Å². The van der Waals surface area contributed by atoms with Gasteiger partial charge in [-0.3, -0.25) is 9.78 Å². The zero-order valence-corrected chi connectivity index (χ0v) is 9.19. The molecule has 5 heteroatoms. The molecule has 2 aromatic heterocycles. The van der Waals surface area contributed by atoms with Gasteiger partial charge in [0.25, 0.3) is 5.91 Å². The fourth-order valence-corrected chi connectivity index (χ4v) is 1.84. The van der Waals surface area contributed by atoms with E-state index in [1.807, 2.05) is 24.3 Å². The van der Waals surface area contributed by atoms with Crippen molar-refractivity contribution in [2.45, 2.75) is 0 Å². The number of nitrogens with zero attached hydrogens (tertiary/aromatic N) is 2. The summed E-state index contributed by atoms with van der Waals surface area (Å²) in [5.41, 5.74) is 2.42. The highest BCUT2D eigenvalue weighted by atomic mass is 16.2. The summed E-state index contributed by atoms with van der Waals surface area (Å²) < 4.78 is 0. The average molecular weight is 226 g/mol. The minimum Gasteiger partial charge on any atom is -0.352 e. The normalized spacial score (nSPS) is 10.9. The second-order valence-electron chi connectivity index (χ2n) is 3.70. The van der Waals surface area contributed by atoms with Crippen molar-refractivity contribution in [2.75, 3.05) is 7.05 Å². The molecule has 1 aromatic carbocycles. The van der Waals surface area contributed by atoms with Gasteiger partial charge in [0.2, 0.25) is 0 Å². The third-order valence-corrected chi connectivity index (χ3v) is 2.67. The molecule has 5 nitrogen and oxygen atoms in total. The quantitative estimate of drug-likeness (QED) is 0.660. The number of aromatic nitrogens is 3. The molecule has 0 saturated carbocycles. The topological polar surface area (TPSA) is 70.7 Å². The Morgan fingerprint density at radius 3 is 2.94 bits per heavy atom. The molecular formula is C12H10N4O. The van der Waals surface area contributed by atoms with Gasteiger partial charge in [-0.2, -0.15) is 0 Å². The van der Waals surface area contributed by atoms with Crippen molar-refractivity contribution in [3.05, 3.63) is 36.3 Å². The van der Waals surface area contributed by atoms with Crippen LogP contribution in [0, 0.1) is 0 Å². The van der Waals surface area contributed by atoms with Gasteiger partial charge < -0.3 is 10.3 Å². The number of carbonyl (C=O) groups excluding carboxylic acids is 1. The highest BCUT2D eigenvalue weighted by Crippen LogP contribution is 2.21. The number of aromatic amines is 1. The van der Waals surface area contributed by atoms with Gasteiger partial charge in [-0.25, -0.2) is 4.98 Å². The number of hydrogen-bond donors (Lipinski definition) is 2. The summed E-state index contributed by atoms with van der Waals surface area (Å²) in [6.07, 6.45) is 1.67. The molecule has 0 aliphatic rings. The largest absolute Gasteiger partial charge is 0.352 e. The van der Waals surface area contributed by atoms with Crippen LogP contribution in [0.25, 0.3) is 21.9 Å². The maximum atomic E-state index is 11.5. The van der Waals surface area contributed by atoms with E-state index in [1.54, 1.807) is 13.2 Å². The first kappa shape index (κ1) is 9.77. The monoisotopic (exact) mass is 226 g/mol. The molecule has 2 N–H and O–H groups in total. The number of benzene rings is 1. The minimum absolute atomic E-state index is 0.231. The molecule has 0 spiro atoms. The van der Waals surface area contributed by atoms with E-state index in [0.717, 1.165) is 16.4 Å². The lowest BCUT2D eigenvalue weighted by molar-refractivity contribution is 0.0954. The number of pyridine rings is 1. The number of nitrogens with one attached hydrogen (secondary N) is 2. The van der Waals surface area contributed by atoms with Crippen molar-refractivity contribution in [3.8, 4) is 0 Å². The molecule has 1 amide bonds. The van der Waals surface area contributed by atoms with Gasteiger partial charge in [-0.1, -0.05) is 18.2 Å². The Morgan fingerprint density at radius 2 is 2.12 bits per heavy atom. The Bertz CT molecular complexity index is 717. The van der Waals surface area contributed by atoms with E-state index in [9.17, 15) is 4.79 Å². The molecule has 2 heterocycles. The number of rotatable bonds is 1. The summed E-state index contributed by atoms with van der Waals surface area (Å²) >= 11 is 0. The number of amides is 1. The zero-order valence-electron chi connectivity index (χ0n) is 9.19. The molecule has 0 unspecified atom stereocenters. The van der Waals surface area contributed by atoms with Gasteiger partial charge in [0.1, 0.15) is 5.52 Å². The number of imidazole rings is 1. The lowest BCUT2D eigenvalue weighted by atomic mass is 10.2. The standard InChI is InChI=1S/C12H10N4O/c1-13-12(17)11-15-9-6-14-8-5-3-2-4-7(8)10(9)16-11/h2-6H,1H3,(H,13,17)(H,15,16). The Kier molecular flexibility index (Phi) is 2.04. The van der Waals surface area contributed by atoms with E-state index in [4.69, 9.17) is 0 Å². The van der Waals surface area contributed by atoms with E-state index in [-0.39, 0.29) is 5.91 Å². The number of carbonyl (C=O) groups is 1. The molecule has 0 aliphatic carbocycles. The highest BCUT2D eigenvalue weighted by molar-refractivity contribution is 6.04. The number of fused-ring (bicyclic) bond motifs is 3. The maximum absolute atomic E-state index is 11.5. The Labute approximate surface area is 96.9 Å². The first-order valence-electron chi connectivity index (χ1n) is 5.25. The molecule has 0 atom stereocenters. The van der Waals surface area contributed by atoms with Gasteiger partial charge in [-0.15, -0.1) is 0 Å². The van der Waals surface area contributed by atoms with Gasteiger partial charge in [0, 0.05) is 12.4 Å². The van der Waals surface area contributed by atoms with E-state index < -0.39 is 0 Å². The molecule has 0 saturated heterocycles. The van der Waals surface area contributed by atoms with Crippen molar-refractivity contribution in [3.63, 3.8) is 0 Å². The molecule has 0 radical (unpaired) electrons. The van der Waals surface area contributed by atoms with E-state index in [2.05, 4.69) is 20.3 Å². The zero-order chi connectivity index (χ0) is 11.8. The fourth-order valence-electron chi connectivity index (χ4n) is 1.84. The smallest absolute Gasteiger partial charge is 0.286 e. The van der Waals surface area contributed by atoms with Crippen LogP contribution in [0.15, 0.2) is 30.5 Å². The molecule has 84 valence electrons. The molecular weight excluding hydrogens is 216 g/mol. The van der Waals surface area contributed by atoms with Crippen molar-refractivity contribution in [1.29, 1.82) is 0 Å². The van der Waals surface area contributed by atoms with Crippen molar-refractivity contribution in [1.82, 2.24) is 20.3 Å². The van der Waals surface area contributed by atoms with Crippen LogP contribution >= 0.6 is 0 Å². The lowest BCUT2D eigenvalue weighted by Crippen LogP contribution is -2.19. The SMILES string of the molecule is CNC(=O)c1nc2cnc3ccccc3c2[nH]1. The van der Waals surface area contributed by atoms with Crippen LogP contribution in [0.4, 0.5) is 0 Å². The molecule has 0 aliphatic heterocycles. The minimum atomic E-state index is -0.231. The van der Waals surface area contributed by atoms with E-state index in [1.165, 1.54) is 0 Å². The number of para-hydroxylation sites is 1. The number of hydrogen-bond acceptors (Lipinski definition) is 3. The predicted octanol–water partition coefficient (Wildman–Crippen LogP) is 1.47. The number of H-pyrrole nitrogens is 1. The van der Waals surface area contributed by atoms with Gasteiger partial charge >= 0.3 is 0 Å². The second-order valence-corrected chi connectivity index (χ2v) is 3.70. The van der Waals surface area contributed by atoms with Crippen molar-refractivity contribution >= 4 is 27.8 Å². The summed E-state index contributed by atoms with van der Waals surface area (Å²) in [5, 5.41) is 3.50. The Hall–Kier alpha value is -2.43. The summed E-state index contributed by atoms with van der Waals surface area (Å²) in [6.45, 7) is 0. The average Bonchev–Trinajstić information content (AvgIpc) is 2.82. The summed E-state index contributed by atoms with van der Waals surface area (Å²) in [7, 11) is 1.58. The predicted molar refractivity (Wildman–Crippen MR) is 64.8 cm³/mol. The fraction of sp³-hybridized carbons (Fsp3) is 0.0833. The first-order valence-corrected chi connectivity index (χ1v) is 5.25. The molecule has 3 rings (SSSR count). The molecule has 3 aromatic rings. The Morgan fingerprint density at radius 1 is 1.29 bits per heavy atom. The summed E-state index contributed by atoms with van der Waals surface area (Å²) in [5.74, 6) is 0.0749. The van der Waals surface area contributed by atoms with Crippen molar-refractivity contribution < 1.29 is 4.79 Å². The third kappa shape index (κ3) is 1.44. The molecule has 17 heavy (non-hydrogen) atoms. The lowest BCUT2D eigenvalue weighted by Gasteiger charge is -1.96. The maximum Gasteiger partial charge on any atom is 0.286 e. The summed E-state index contributed by atoms with van der Waals surface area (Å²) in [6, 6.07) is 7.74. The van der Waals surface area contributed by atoms with Crippen molar-refractivity contribution in [2.24, 2.45) is 0 Å². The van der Waals surface area contributed by atoms with E-state index in [0.29, 0.717) is 11.3 Å². The van der Waals surface area contributed by atoms with Crippen LogP contribution in [0.1, 0.15) is 10.6 Å². The molecule has 0 bridgehead atoms. The van der Waals surface area contributed by atoms with E-state index >= 15 is 0 Å². The van der Waals surface area contributed by atoms with Crippen LogP contribution in [0.2, 0.25) is 0 Å². The molecule has 0 fully saturated rings. The Balaban J connectivity index is 2.35. The summed E-state index contributed by atoms with van der Waals surface area (Å²) in [4.78, 5) is 23.0. The second kappa shape index (κ2) is 3.55. The van der Waals surface area contributed by atoms with Gasteiger partial charge in [0.15, 0.2) is 5.82 Å². The third-order valence-electron chi connectivity index (χ3n) is 2.67.